The number of carbonyl (C=O) groups excluding carboxylic acids is 1. The van der Waals surface area contributed by atoms with Gasteiger partial charge in [0.2, 0.25) is 5.91 Å². The van der Waals surface area contributed by atoms with Crippen LogP contribution in [0.5, 0.6) is 0 Å². The summed E-state index contributed by atoms with van der Waals surface area (Å²) in [6.45, 7) is 2.43. The van der Waals surface area contributed by atoms with E-state index in [0.717, 1.165) is 0 Å². The van der Waals surface area contributed by atoms with Gasteiger partial charge in [-0.05, 0) is 20.4 Å². The zero-order chi connectivity index (χ0) is 12.8. The molecule has 0 bridgehead atoms. The number of hydrogen-bond donors (Lipinski definition) is 2. The van der Waals surface area contributed by atoms with Gasteiger partial charge in [-0.25, -0.2) is 14.3 Å². The minimum atomic E-state index is -2.93. The normalized spacial score (nSPS) is 13.8. The highest BCUT2D eigenvalue weighted by atomic mass is 32.2. The number of nitrogens with zero attached hydrogens (tertiary/aromatic N) is 1. The summed E-state index contributed by atoms with van der Waals surface area (Å²) in [5, 5.41) is 0. The molecule has 0 rings (SSSR count). The lowest BCUT2D eigenvalue weighted by Gasteiger charge is -2.23. The molecular formula is C9H21N3O3S. The van der Waals surface area contributed by atoms with Crippen LogP contribution in [-0.2, 0) is 14.6 Å². The number of hydrogen-bond acceptors (Lipinski definition) is 5. The first-order valence-corrected chi connectivity index (χ1v) is 7.19. The summed E-state index contributed by atoms with van der Waals surface area (Å²) < 4.78 is 21.9. The number of hydrazine groups is 1. The molecule has 0 fully saturated rings. The van der Waals surface area contributed by atoms with E-state index in [9.17, 15) is 13.2 Å². The highest BCUT2D eigenvalue weighted by molar-refractivity contribution is 7.90. The fraction of sp³-hybridized carbons (Fsp3) is 0.889. The van der Waals surface area contributed by atoms with Crippen molar-refractivity contribution in [2.24, 2.45) is 5.84 Å². The van der Waals surface area contributed by atoms with Crippen LogP contribution in [0.2, 0.25) is 0 Å². The van der Waals surface area contributed by atoms with Gasteiger partial charge in [-0.1, -0.05) is 0 Å². The Hall–Kier alpha value is -0.660. The fourth-order valence-electron chi connectivity index (χ4n) is 1.16. The van der Waals surface area contributed by atoms with E-state index in [1.165, 1.54) is 6.26 Å². The first-order chi connectivity index (χ1) is 7.26. The third-order valence-corrected chi connectivity index (χ3v) is 3.44. The van der Waals surface area contributed by atoms with E-state index in [2.05, 4.69) is 5.43 Å². The highest BCUT2D eigenvalue weighted by Gasteiger charge is 2.12. The molecule has 0 saturated heterocycles. The molecular weight excluding hydrogens is 230 g/mol. The lowest BCUT2D eigenvalue weighted by molar-refractivity contribution is -0.121. The maximum Gasteiger partial charge on any atom is 0.233 e. The van der Waals surface area contributed by atoms with Crippen molar-refractivity contribution in [2.45, 2.75) is 25.8 Å². The highest BCUT2D eigenvalue weighted by Crippen LogP contribution is 2.04. The van der Waals surface area contributed by atoms with Gasteiger partial charge in [-0.3, -0.25) is 10.2 Å². The van der Waals surface area contributed by atoms with Crippen molar-refractivity contribution < 1.29 is 13.2 Å². The molecule has 1 atom stereocenters. The smallest absolute Gasteiger partial charge is 0.233 e. The van der Waals surface area contributed by atoms with Gasteiger partial charge in [-0.2, -0.15) is 0 Å². The van der Waals surface area contributed by atoms with Gasteiger partial charge >= 0.3 is 0 Å². The Morgan fingerprint density at radius 2 is 2.06 bits per heavy atom. The average Bonchev–Trinajstić information content (AvgIpc) is 2.20. The monoisotopic (exact) mass is 251 g/mol. The molecule has 3 N–H and O–H groups in total. The molecule has 1 unspecified atom stereocenters. The molecule has 6 nitrogen and oxygen atoms in total. The van der Waals surface area contributed by atoms with Gasteiger partial charge in [-0.15, -0.1) is 0 Å². The molecule has 0 heterocycles. The molecule has 0 aromatic heterocycles. The maximum atomic E-state index is 11.0. The number of nitrogens with two attached hydrogens (primary N) is 1. The Morgan fingerprint density at radius 3 is 2.50 bits per heavy atom. The molecule has 96 valence electrons. The Morgan fingerprint density at radius 1 is 1.50 bits per heavy atom. The number of sulfone groups is 1. The lowest BCUT2D eigenvalue weighted by Crippen LogP contribution is -2.35. The molecule has 0 aliphatic heterocycles. The SMILES string of the molecule is CC(CCC(=O)NN)N(C)CCS(C)(=O)=O. The first-order valence-electron chi connectivity index (χ1n) is 5.13. The second-order valence-corrected chi connectivity index (χ2v) is 6.33. The third kappa shape index (κ3) is 7.61. The van der Waals surface area contributed by atoms with Crippen LogP contribution in [-0.4, -0.2) is 50.9 Å². The van der Waals surface area contributed by atoms with Crippen molar-refractivity contribution in [3.05, 3.63) is 0 Å². The number of rotatable bonds is 7. The largest absolute Gasteiger partial charge is 0.303 e. The van der Waals surface area contributed by atoms with E-state index in [4.69, 9.17) is 5.84 Å². The van der Waals surface area contributed by atoms with Crippen LogP contribution in [0.15, 0.2) is 0 Å². The number of carbonyl (C=O) groups is 1. The Balaban J connectivity index is 3.90. The predicted molar refractivity (Wildman–Crippen MR) is 63.4 cm³/mol. The van der Waals surface area contributed by atoms with Gasteiger partial charge in [0, 0.05) is 25.3 Å². The summed E-state index contributed by atoms with van der Waals surface area (Å²) in [4.78, 5) is 12.8. The van der Waals surface area contributed by atoms with E-state index < -0.39 is 9.84 Å². The molecule has 0 spiro atoms. The first kappa shape index (κ1) is 15.3. The van der Waals surface area contributed by atoms with Gasteiger partial charge in [0.05, 0.1) is 5.75 Å². The summed E-state index contributed by atoms with van der Waals surface area (Å²) in [6, 6.07) is 0.152. The van der Waals surface area contributed by atoms with Crippen molar-refractivity contribution in [3.63, 3.8) is 0 Å². The molecule has 0 aromatic carbocycles. The Labute approximate surface area is 97.1 Å². The van der Waals surface area contributed by atoms with Crippen LogP contribution in [0.25, 0.3) is 0 Å². The van der Waals surface area contributed by atoms with E-state index in [0.29, 0.717) is 19.4 Å². The van der Waals surface area contributed by atoms with Gasteiger partial charge in [0.1, 0.15) is 9.84 Å². The van der Waals surface area contributed by atoms with E-state index >= 15 is 0 Å². The maximum absolute atomic E-state index is 11.0. The molecule has 0 radical (unpaired) electrons. The van der Waals surface area contributed by atoms with Crippen molar-refractivity contribution in [3.8, 4) is 0 Å². The molecule has 0 aliphatic rings. The quantitative estimate of drug-likeness (QED) is 0.348. The second-order valence-electron chi connectivity index (χ2n) is 4.07. The summed E-state index contributed by atoms with van der Waals surface area (Å²) >= 11 is 0. The molecule has 1 amide bonds. The zero-order valence-corrected chi connectivity index (χ0v) is 10.9. The van der Waals surface area contributed by atoms with Gasteiger partial charge < -0.3 is 4.90 Å². The average molecular weight is 251 g/mol. The van der Waals surface area contributed by atoms with Crippen molar-refractivity contribution in [2.75, 3.05) is 25.6 Å². The predicted octanol–water partition coefficient (Wildman–Crippen LogP) is -0.879. The van der Waals surface area contributed by atoms with Crippen molar-refractivity contribution in [1.29, 1.82) is 0 Å². The summed E-state index contributed by atoms with van der Waals surface area (Å²) in [7, 11) is -1.09. The van der Waals surface area contributed by atoms with E-state index in [1.54, 1.807) is 0 Å². The molecule has 7 heteroatoms. The van der Waals surface area contributed by atoms with E-state index in [1.807, 2.05) is 18.9 Å². The van der Waals surface area contributed by atoms with Crippen LogP contribution < -0.4 is 11.3 Å². The molecule has 16 heavy (non-hydrogen) atoms. The second kappa shape index (κ2) is 6.82. The van der Waals surface area contributed by atoms with E-state index in [-0.39, 0.29) is 17.7 Å². The number of amides is 1. The van der Waals surface area contributed by atoms with Crippen LogP contribution in [0, 0.1) is 0 Å². The van der Waals surface area contributed by atoms with Crippen molar-refractivity contribution >= 4 is 15.7 Å². The Bertz CT molecular complexity index is 316. The Kier molecular flexibility index (Phi) is 6.54. The minimum Gasteiger partial charge on any atom is -0.303 e. The van der Waals surface area contributed by atoms with Crippen LogP contribution in [0.3, 0.4) is 0 Å². The van der Waals surface area contributed by atoms with Crippen LogP contribution in [0.1, 0.15) is 19.8 Å². The van der Waals surface area contributed by atoms with Crippen molar-refractivity contribution in [1.82, 2.24) is 10.3 Å². The topological polar surface area (TPSA) is 92.5 Å². The van der Waals surface area contributed by atoms with Crippen LogP contribution in [0.4, 0.5) is 0 Å². The van der Waals surface area contributed by atoms with Gasteiger partial charge in [0.25, 0.3) is 0 Å². The molecule has 0 aliphatic carbocycles. The zero-order valence-electron chi connectivity index (χ0n) is 10.1. The third-order valence-electron chi connectivity index (χ3n) is 2.52. The summed E-state index contributed by atoms with van der Waals surface area (Å²) in [5.74, 6) is 4.89. The van der Waals surface area contributed by atoms with Gasteiger partial charge in [0.15, 0.2) is 0 Å². The molecule has 0 aromatic rings. The minimum absolute atomic E-state index is 0.136. The molecule has 0 saturated carbocycles. The fourth-order valence-corrected chi connectivity index (χ4v) is 1.78. The summed E-state index contributed by atoms with van der Waals surface area (Å²) in [5.41, 5.74) is 2.06. The lowest BCUT2D eigenvalue weighted by atomic mass is 10.1. The van der Waals surface area contributed by atoms with Crippen LogP contribution >= 0.6 is 0 Å². The number of nitrogens with one attached hydrogen (secondary N) is 1. The summed E-state index contributed by atoms with van der Waals surface area (Å²) in [6.07, 6.45) is 2.22. The standard InChI is InChI=1S/C9H21N3O3S/c1-8(4-5-9(13)11-10)12(2)6-7-16(3,14)15/h8H,4-7,10H2,1-3H3,(H,11,13).